The minimum absolute atomic E-state index is 0.275. The standard InChI is InChI=1S/C17H19ClN4/c1-20-17-13(15(19)11-7-5-6-8-11)14(18)16(21-22-17)12-9-3-2-4-10-12/h2-4,9-11,19H,5-8H2,1H3,(H,20,22). The number of benzene rings is 1. The van der Waals surface area contributed by atoms with Gasteiger partial charge in [0, 0.05) is 24.2 Å². The molecular formula is C17H19ClN4. The maximum absolute atomic E-state index is 8.58. The van der Waals surface area contributed by atoms with Gasteiger partial charge in [-0.15, -0.1) is 10.2 Å². The third kappa shape index (κ3) is 2.71. The first-order valence-electron chi connectivity index (χ1n) is 7.60. The van der Waals surface area contributed by atoms with E-state index < -0.39 is 0 Å². The fraction of sp³-hybridized carbons (Fsp3) is 0.353. The van der Waals surface area contributed by atoms with Gasteiger partial charge in [0.2, 0.25) is 0 Å². The molecule has 0 radical (unpaired) electrons. The van der Waals surface area contributed by atoms with Crippen molar-refractivity contribution in [3.63, 3.8) is 0 Å². The lowest BCUT2D eigenvalue weighted by Crippen LogP contribution is -2.16. The van der Waals surface area contributed by atoms with Crippen molar-refractivity contribution in [1.82, 2.24) is 10.2 Å². The first kappa shape index (κ1) is 15.0. The highest BCUT2D eigenvalue weighted by Gasteiger charge is 2.26. The van der Waals surface area contributed by atoms with E-state index in [0.717, 1.165) is 18.4 Å². The van der Waals surface area contributed by atoms with Gasteiger partial charge in [0.1, 0.15) is 5.69 Å². The maximum atomic E-state index is 8.58. The van der Waals surface area contributed by atoms with Gasteiger partial charge < -0.3 is 10.7 Å². The van der Waals surface area contributed by atoms with E-state index in [0.29, 0.717) is 27.8 Å². The highest BCUT2D eigenvalue weighted by molar-refractivity contribution is 6.37. The predicted molar refractivity (Wildman–Crippen MR) is 90.8 cm³/mol. The molecule has 0 unspecified atom stereocenters. The minimum atomic E-state index is 0.275. The van der Waals surface area contributed by atoms with Crippen molar-refractivity contribution in [2.75, 3.05) is 12.4 Å². The van der Waals surface area contributed by atoms with Gasteiger partial charge in [0.25, 0.3) is 0 Å². The second-order valence-electron chi connectivity index (χ2n) is 5.60. The Hall–Kier alpha value is -1.94. The van der Waals surface area contributed by atoms with Gasteiger partial charge in [-0.25, -0.2) is 0 Å². The molecule has 114 valence electrons. The molecule has 0 aliphatic heterocycles. The summed E-state index contributed by atoms with van der Waals surface area (Å²) < 4.78 is 0. The Morgan fingerprint density at radius 2 is 1.86 bits per heavy atom. The molecule has 2 aromatic rings. The summed E-state index contributed by atoms with van der Waals surface area (Å²) in [6, 6.07) is 9.76. The van der Waals surface area contributed by atoms with E-state index in [2.05, 4.69) is 15.5 Å². The monoisotopic (exact) mass is 314 g/mol. The molecule has 0 bridgehead atoms. The highest BCUT2D eigenvalue weighted by atomic mass is 35.5. The number of hydrogen-bond acceptors (Lipinski definition) is 4. The molecule has 1 heterocycles. The number of rotatable bonds is 4. The molecule has 1 aromatic heterocycles. The highest BCUT2D eigenvalue weighted by Crippen LogP contribution is 2.36. The van der Waals surface area contributed by atoms with Crippen molar-refractivity contribution in [1.29, 1.82) is 5.41 Å². The van der Waals surface area contributed by atoms with E-state index in [9.17, 15) is 0 Å². The third-order valence-electron chi connectivity index (χ3n) is 4.23. The van der Waals surface area contributed by atoms with Crippen LogP contribution in [-0.4, -0.2) is 23.0 Å². The summed E-state index contributed by atoms with van der Waals surface area (Å²) in [4.78, 5) is 0. The summed E-state index contributed by atoms with van der Waals surface area (Å²) in [6.07, 6.45) is 4.48. The quantitative estimate of drug-likeness (QED) is 0.822. The van der Waals surface area contributed by atoms with Crippen LogP contribution in [0.1, 0.15) is 31.2 Å². The van der Waals surface area contributed by atoms with Crippen LogP contribution in [0.3, 0.4) is 0 Å². The van der Waals surface area contributed by atoms with E-state index >= 15 is 0 Å². The van der Waals surface area contributed by atoms with Crippen LogP contribution in [0.15, 0.2) is 30.3 Å². The molecule has 22 heavy (non-hydrogen) atoms. The number of nitrogens with one attached hydrogen (secondary N) is 2. The van der Waals surface area contributed by atoms with Crippen molar-refractivity contribution in [2.24, 2.45) is 5.92 Å². The van der Waals surface area contributed by atoms with Crippen LogP contribution < -0.4 is 5.32 Å². The number of aromatic nitrogens is 2. The molecule has 4 nitrogen and oxygen atoms in total. The van der Waals surface area contributed by atoms with Gasteiger partial charge in [-0.05, 0) is 12.8 Å². The predicted octanol–water partition coefficient (Wildman–Crippen LogP) is 4.40. The summed E-state index contributed by atoms with van der Waals surface area (Å²) >= 11 is 6.62. The van der Waals surface area contributed by atoms with Crippen LogP contribution in [0.2, 0.25) is 5.02 Å². The van der Waals surface area contributed by atoms with Gasteiger partial charge in [-0.1, -0.05) is 54.8 Å². The Kier molecular flexibility index (Phi) is 4.39. The SMILES string of the molecule is CNc1nnc(-c2ccccc2)c(Cl)c1C(=N)C1CCCC1. The van der Waals surface area contributed by atoms with Gasteiger partial charge in [0.05, 0.1) is 10.6 Å². The van der Waals surface area contributed by atoms with Crippen LogP contribution in [0.4, 0.5) is 5.82 Å². The summed E-state index contributed by atoms with van der Waals surface area (Å²) in [5.41, 5.74) is 2.84. The Labute approximate surface area is 135 Å². The lowest BCUT2D eigenvalue weighted by molar-refractivity contribution is 0.725. The lowest BCUT2D eigenvalue weighted by atomic mass is 9.94. The molecule has 1 saturated carbocycles. The number of hydrogen-bond donors (Lipinski definition) is 2. The molecule has 1 fully saturated rings. The summed E-state index contributed by atoms with van der Waals surface area (Å²) in [5, 5.41) is 20.6. The molecule has 1 aliphatic carbocycles. The van der Waals surface area contributed by atoms with Gasteiger partial charge in [0.15, 0.2) is 5.82 Å². The fourth-order valence-corrected chi connectivity index (χ4v) is 3.37. The van der Waals surface area contributed by atoms with Crippen molar-refractivity contribution in [3.05, 3.63) is 40.9 Å². The summed E-state index contributed by atoms with van der Waals surface area (Å²) in [7, 11) is 1.79. The largest absolute Gasteiger partial charge is 0.371 e. The molecule has 1 aliphatic rings. The molecule has 3 rings (SSSR count). The van der Waals surface area contributed by atoms with E-state index in [1.807, 2.05) is 30.3 Å². The zero-order chi connectivity index (χ0) is 15.5. The molecule has 2 N–H and O–H groups in total. The fourth-order valence-electron chi connectivity index (χ4n) is 3.04. The Morgan fingerprint density at radius 3 is 2.50 bits per heavy atom. The van der Waals surface area contributed by atoms with Gasteiger partial charge in [-0.3, -0.25) is 0 Å². The Balaban J connectivity index is 2.09. The molecule has 0 atom stereocenters. The van der Waals surface area contributed by atoms with Crippen molar-refractivity contribution in [2.45, 2.75) is 25.7 Å². The summed E-state index contributed by atoms with van der Waals surface area (Å²) in [5.74, 6) is 0.860. The van der Waals surface area contributed by atoms with Crippen LogP contribution in [0.5, 0.6) is 0 Å². The first-order chi connectivity index (χ1) is 10.7. The molecule has 1 aromatic carbocycles. The average Bonchev–Trinajstić information content (AvgIpc) is 3.09. The number of nitrogens with zero attached hydrogens (tertiary/aromatic N) is 2. The zero-order valence-electron chi connectivity index (χ0n) is 12.6. The number of anilines is 1. The van der Waals surface area contributed by atoms with E-state index in [1.54, 1.807) is 7.05 Å². The first-order valence-corrected chi connectivity index (χ1v) is 7.98. The molecule has 5 heteroatoms. The van der Waals surface area contributed by atoms with Crippen LogP contribution >= 0.6 is 11.6 Å². The van der Waals surface area contributed by atoms with E-state index in [-0.39, 0.29) is 5.92 Å². The topological polar surface area (TPSA) is 61.7 Å². The van der Waals surface area contributed by atoms with Crippen molar-refractivity contribution in [3.8, 4) is 11.3 Å². The summed E-state index contributed by atoms with van der Waals surface area (Å²) in [6.45, 7) is 0. The maximum Gasteiger partial charge on any atom is 0.159 e. The Bertz CT molecular complexity index is 679. The normalized spacial score (nSPS) is 15.0. The van der Waals surface area contributed by atoms with Gasteiger partial charge >= 0.3 is 0 Å². The van der Waals surface area contributed by atoms with Crippen LogP contribution in [-0.2, 0) is 0 Å². The minimum Gasteiger partial charge on any atom is -0.371 e. The smallest absolute Gasteiger partial charge is 0.159 e. The lowest BCUT2D eigenvalue weighted by Gasteiger charge is -2.17. The van der Waals surface area contributed by atoms with Crippen molar-refractivity contribution >= 4 is 23.1 Å². The van der Waals surface area contributed by atoms with Crippen molar-refractivity contribution < 1.29 is 0 Å². The van der Waals surface area contributed by atoms with Crippen LogP contribution in [0.25, 0.3) is 11.3 Å². The van der Waals surface area contributed by atoms with E-state index in [1.165, 1.54) is 12.8 Å². The second kappa shape index (κ2) is 6.44. The zero-order valence-corrected chi connectivity index (χ0v) is 13.3. The molecule has 0 saturated heterocycles. The van der Waals surface area contributed by atoms with E-state index in [4.69, 9.17) is 17.0 Å². The molecular weight excluding hydrogens is 296 g/mol. The second-order valence-corrected chi connectivity index (χ2v) is 5.98. The van der Waals surface area contributed by atoms with Gasteiger partial charge in [-0.2, -0.15) is 0 Å². The average molecular weight is 315 g/mol. The molecule has 0 amide bonds. The third-order valence-corrected chi connectivity index (χ3v) is 4.60. The Morgan fingerprint density at radius 1 is 1.18 bits per heavy atom. The number of halogens is 1. The van der Waals surface area contributed by atoms with Crippen LogP contribution in [0, 0.1) is 11.3 Å². The molecule has 0 spiro atoms.